The lowest BCUT2D eigenvalue weighted by Crippen LogP contribution is -2.41. The molecule has 1 saturated heterocycles. The molecule has 0 N–H and O–H groups in total. The Bertz CT molecular complexity index is 744. The minimum absolute atomic E-state index is 0.0177. The first-order chi connectivity index (χ1) is 13.1. The Labute approximate surface area is 160 Å². The zero-order valence-corrected chi connectivity index (χ0v) is 16.1. The Morgan fingerprint density at radius 2 is 1.74 bits per heavy atom. The molecule has 1 aliphatic rings. The SMILES string of the molecule is CCOC(=O)C1CCN(C(=O)CC(c2ccc(C)cc2)n2cccc2)CC1. The van der Waals surface area contributed by atoms with E-state index in [9.17, 15) is 9.59 Å². The number of amides is 1. The number of hydrogen-bond acceptors (Lipinski definition) is 3. The third-order valence-corrected chi connectivity index (χ3v) is 5.29. The molecule has 1 aromatic heterocycles. The third-order valence-electron chi connectivity index (χ3n) is 5.29. The molecule has 27 heavy (non-hydrogen) atoms. The Hall–Kier alpha value is -2.56. The van der Waals surface area contributed by atoms with E-state index in [-0.39, 0.29) is 23.8 Å². The first kappa shape index (κ1) is 19.2. The Morgan fingerprint density at radius 3 is 2.33 bits per heavy atom. The van der Waals surface area contributed by atoms with Crippen LogP contribution in [-0.2, 0) is 14.3 Å². The van der Waals surface area contributed by atoms with Crippen molar-refractivity contribution in [2.45, 2.75) is 39.2 Å². The van der Waals surface area contributed by atoms with Crippen molar-refractivity contribution in [3.8, 4) is 0 Å². The second-order valence-electron chi connectivity index (χ2n) is 7.17. The monoisotopic (exact) mass is 368 g/mol. The van der Waals surface area contributed by atoms with Gasteiger partial charge in [-0.25, -0.2) is 0 Å². The number of nitrogens with zero attached hydrogens (tertiary/aromatic N) is 2. The van der Waals surface area contributed by atoms with Gasteiger partial charge in [-0.2, -0.15) is 0 Å². The summed E-state index contributed by atoms with van der Waals surface area (Å²) in [5, 5.41) is 0. The van der Waals surface area contributed by atoms with Gasteiger partial charge in [0.1, 0.15) is 0 Å². The molecule has 5 heteroatoms. The van der Waals surface area contributed by atoms with E-state index in [1.54, 1.807) is 0 Å². The topological polar surface area (TPSA) is 51.5 Å². The maximum absolute atomic E-state index is 12.9. The van der Waals surface area contributed by atoms with Gasteiger partial charge in [-0.15, -0.1) is 0 Å². The van der Waals surface area contributed by atoms with Gasteiger partial charge in [0.15, 0.2) is 0 Å². The highest BCUT2D eigenvalue weighted by molar-refractivity contribution is 5.78. The number of hydrogen-bond donors (Lipinski definition) is 0. The van der Waals surface area contributed by atoms with Crippen LogP contribution in [0.2, 0.25) is 0 Å². The van der Waals surface area contributed by atoms with E-state index in [1.165, 1.54) is 5.56 Å². The van der Waals surface area contributed by atoms with Crippen LogP contribution in [0.1, 0.15) is 43.4 Å². The zero-order valence-electron chi connectivity index (χ0n) is 16.1. The van der Waals surface area contributed by atoms with Gasteiger partial charge in [-0.05, 0) is 44.4 Å². The zero-order chi connectivity index (χ0) is 19.2. The highest BCUT2D eigenvalue weighted by Gasteiger charge is 2.29. The van der Waals surface area contributed by atoms with Gasteiger partial charge < -0.3 is 14.2 Å². The van der Waals surface area contributed by atoms with E-state index in [4.69, 9.17) is 4.74 Å². The lowest BCUT2D eigenvalue weighted by Gasteiger charge is -2.32. The Balaban J connectivity index is 1.65. The fourth-order valence-corrected chi connectivity index (χ4v) is 3.66. The van der Waals surface area contributed by atoms with Crippen molar-refractivity contribution in [2.24, 2.45) is 5.92 Å². The summed E-state index contributed by atoms with van der Waals surface area (Å²) >= 11 is 0. The van der Waals surface area contributed by atoms with Gasteiger partial charge in [0.25, 0.3) is 0 Å². The number of likely N-dealkylation sites (tertiary alicyclic amines) is 1. The smallest absolute Gasteiger partial charge is 0.309 e. The summed E-state index contributed by atoms with van der Waals surface area (Å²) in [4.78, 5) is 26.7. The van der Waals surface area contributed by atoms with Crippen LogP contribution in [0.15, 0.2) is 48.8 Å². The van der Waals surface area contributed by atoms with Crippen molar-refractivity contribution < 1.29 is 14.3 Å². The van der Waals surface area contributed by atoms with Crippen molar-refractivity contribution in [2.75, 3.05) is 19.7 Å². The summed E-state index contributed by atoms with van der Waals surface area (Å²) in [6.07, 6.45) is 5.80. The van der Waals surface area contributed by atoms with Gasteiger partial charge in [-0.1, -0.05) is 29.8 Å². The van der Waals surface area contributed by atoms with Crippen LogP contribution in [-0.4, -0.2) is 41.0 Å². The quantitative estimate of drug-likeness (QED) is 0.733. The summed E-state index contributed by atoms with van der Waals surface area (Å²) in [6, 6.07) is 12.3. The van der Waals surface area contributed by atoms with Crippen LogP contribution in [0.4, 0.5) is 0 Å². The van der Waals surface area contributed by atoms with Crippen LogP contribution < -0.4 is 0 Å². The van der Waals surface area contributed by atoms with Gasteiger partial charge in [0.05, 0.1) is 25.0 Å². The van der Waals surface area contributed by atoms with Crippen molar-refractivity contribution in [3.63, 3.8) is 0 Å². The average molecular weight is 368 g/mol. The van der Waals surface area contributed by atoms with Gasteiger partial charge in [-0.3, -0.25) is 9.59 Å². The maximum Gasteiger partial charge on any atom is 0.309 e. The van der Waals surface area contributed by atoms with Crippen molar-refractivity contribution in [1.82, 2.24) is 9.47 Å². The van der Waals surface area contributed by atoms with Crippen molar-refractivity contribution in [3.05, 3.63) is 59.9 Å². The first-order valence-corrected chi connectivity index (χ1v) is 9.72. The number of piperidine rings is 1. The molecular weight excluding hydrogens is 340 g/mol. The van der Waals surface area contributed by atoms with E-state index in [0.717, 1.165) is 5.56 Å². The molecule has 5 nitrogen and oxygen atoms in total. The van der Waals surface area contributed by atoms with E-state index in [0.29, 0.717) is 39.0 Å². The molecule has 1 aliphatic heterocycles. The number of benzene rings is 1. The Morgan fingerprint density at radius 1 is 1.11 bits per heavy atom. The minimum Gasteiger partial charge on any atom is -0.466 e. The van der Waals surface area contributed by atoms with Crippen LogP contribution >= 0.6 is 0 Å². The molecule has 1 unspecified atom stereocenters. The normalized spacial score (nSPS) is 16.1. The predicted octanol–water partition coefficient (Wildman–Crippen LogP) is 3.58. The molecule has 0 saturated carbocycles. The molecule has 1 amide bonds. The number of rotatable bonds is 6. The summed E-state index contributed by atoms with van der Waals surface area (Å²) in [5.74, 6) is -0.0719. The molecule has 0 aliphatic carbocycles. The van der Waals surface area contributed by atoms with Crippen molar-refractivity contribution in [1.29, 1.82) is 0 Å². The molecular formula is C22H28N2O3. The molecule has 0 radical (unpaired) electrons. The van der Waals surface area contributed by atoms with Gasteiger partial charge in [0, 0.05) is 25.5 Å². The minimum atomic E-state index is -0.130. The molecule has 0 spiro atoms. The number of aromatic nitrogens is 1. The van der Waals surface area contributed by atoms with Crippen LogP contribution in [0, 0.1) is 12.8 Å². The van der Waals surface area contributed by atoms with Gasteiger partial charge in [0.2, 0.25) is 5.91 Å². The summed E-state index contributed by atoms with van der Waals surface area (Å²) in [6.45, 7) is 5.53. The standard InChI is InChI=1S/C22H28N2O3/c1-3-27-22(26)19-10-14-24(15-11-19)21(25)16-20(23-12-4-5-13-23)18-8-6-17(2)7-9-18/h4-9,12-13,19-20H,3,10-11,14-16H2,1-2H3. The number of ether oxygens (including phenoxy) is 1. The molecule has 1 atom stereocenters. The Kier molecular flexibility index (Phi) is 6.32. The molecule has 3 rings (SSSR count). The first-order valence-electron chi connectivity index (χ1n) is 9.72. The number of esters is 1. The molecule has 144 valence electrons. The highest BCUT2D eigenvalue weighted by atomic mass is 16.5. The van der Waals surface area contributed by atoms with Crippen LogP contribution in [0.25, 0.3) is 0 Å². The molecule has 1 aromatic carbocycles. The van der Waals surface area contributed by atoms with Crippen molar-refractivity contribution >= 4 is 11.9 Å². The lowest BCUT2D eigenvalue weighted by atomic mass is 9.95. The highest BCUT2D eigenvalue weighted by Crippen LogP contribution is 2.26. The van der Waals surface area contributed by atoms with E-state index >= 15 is 0 Å². The maximum atomic E-state index is 12.9. The van der Waals surface area contributed by atoms with Crippen LogP contribution in [0.3, 0.4) is 0 Å². The summed E-state index contributed by atoms with van der Waals surface area (Å²) in [5.41, 5.74) is 2.34. The fourth-order valence-electron chi connectivity index (χ4n) is 3.66. The summed E-state index contributed by atoms with van der Waals surface area (Å²) < 4.78 is 7.20. The largest absolute Gasteiger partial charge is 0.466 e. The van der Waals surface area contributed by atoms with E-state index in [2.05, 4.69) is 35.8 Å². The van der Waals surface area contributed by atoms with Crippen LogP contribution in [0.5, 0.6) is 0 Å². The average Bonchev–Trinajstić information content (AvgIpc) is 3.21. The molecule has 0 bridgehead atoms. The van der Waals surface area contributed by atoms with E-state index < -0.39 is 0 Å². The second kappa shape index (κ2) is 8.89. The lowest BCUT2D eigenvalue weighted by molar-refractivity contribution is -0.151. The summed E-state index contributed by atoms with van der Waals surface area (Å²) in [7, 11) is 0. The number of carbonyl (C=O) groups excluding carboxylic acids is 2. The second-order valence-corrected chi connectivity index (χ2v) is 7.17. The molecule has 1 fully saturated rings. The van der Waals surface area contributed by atoms with Gasteiger partial charge >= 0.3 is 5.97 Å². The molecule has 2 aromatic rings. The molecule has 2 heterocycles. The number of carbonyl (C=O) groups is 2. The van der Waals surface area contributed by atoms with E-state index in [1.807, 2.05) is 36.4 Å². The fraction of sp³-hybridized carbons (Fsp3) is 0.455. The number of aryl methyl sites for hydroxylation is 1. The predicted molar refractivity (Wildman–Crippen MR) is 104 cm³/mol. The third kappa shape index (κ3) is 4.79.